The van der Waals surface area contributed by atoms with Crippen molar-refractivity contribution in [1.82, 2.24) is 0 Å². The molecule has 1 N–H and O–H groups in total. The minimum atomic E-state index is -4.74. The van der Waals surface area contributed by atoms with Gasteiger partial charge in [0.2, 0.25) is 0 Å². The molecule has 7 atom stereocenters. The molecule has 1 aliphatic carbocycles. The Morgan fingerprint density at radius 1 is 0.394 bits per heavy atom. The van der Waals surface area contributed by atoms with Crippen LogP contribution in [0.1, 0.15) is 465 Å². The fourth-order valence-electron chi connectivity index (χ4n) is 11.4. The Labute approximate surface area is 857 Å². The van der Waals surface area contributed by atoms with E-state index in [1.165, 1.54) is 96.7 Å². The van der Waals surface area contributed by atoms with Crippen LogP contribution in [0.15, 0.2) is 24.3 Å². The lowest BCUT2D eigenvalue weighted by atomic mass is 9.80. The normalized spacial score (nSPS) is 15.3. The minimum absolute atomic E-state index is 0.00618. The molecule has 1 saturated carbocycles. The van der Waals surface area contributed by atoms with Crippen LogP contribution in [0.2, 0.25) is 25.7 Å². The fraction of sp³-hybridized carbons (Fsp3) is 0.875. The second kappa shape index (κ2) is 65.3. The van der Waals surface area contributed by atoms with Gasteiger partial charge in [0, 0.05) is 14.5 Å². The molecule has 2 rings (SSSR count). The molecule has 17 nitrogen and oxygen atoms in total. The zero-order chi connectivity index (χ0) is 115. The molecule has 0 aromatic heterocycles. The average Bonchev–Trinajstić information content (AvgIpc) is 0.902. The predicted octanol–water partition coefficient (Wildman–Crippen LogP) is 34.1. The number of benzene rings is 1. The molecule has 142 heavy (non-hydrogen) atoms. The smallest absolute Gasteiger partial charge is 0.425 e. The molecule has 0 saturated heterocycles. The van der Waals surface area contributed by atoms with E-state index in [1.54, 1.807) is 62.3 Å². The van der Waals surface area contributed by atoms with Crippen molar-refractivity contribution in [2.45, 2.75) is 562 Å². The molecule has 1 aliphatic rings. The van der Waals surface area contributed by atoms with E-state index >= 15 is 0 Å². The summed E-state index contributed by atoms with van der Waals surface area (Å²) < 4.78 is 188. The third kappa shape index (κ3) is 63.2. The second-order valence-electron chi connectivity index (χ2n) is 48.0. The van der Waals surface area contributed by atoms with Crippen LogP contribution < -0.4 is 0 Å². The molecule has 1 aromatic carbocycles. The number of halogens is 12. The summed E-state index contributed by atoms with van der Waals surface area (Å²) in [4.78, 5) is 92.5. The monoisotopic (exact) mass is 2080 g/mol. The van der Waals surface area contributed by atoms with Crippen molar-refractivity contribution in [1.29, 1.82) is 0 Å². The van der Waals surface area contributed by atoms with E-state index < -0.39 is 114 Å². The number of unbranched alkanes of at least 4 members (excludes halogenated alkanes) is 1. The first-order valence-electron chi connectivity index (χ1n) is 52.1. The van der Waals surface area contributed by atoms with Gasteiger partial charge in [0.15, 0.2) is 23.2 Å². The molecule has 0 spiro atoms. The van der Waals surface area contributed by atoms with E-state index in [4.69, 9.17) is 28.4 Å². The van der Waals surface area contributed by atoms with Crippen molar-refractivity contribution in [2.75, 3.05) is 6.61 Å². The Morgan fingerprint density at radius 3 is 0.972 bits per heavy atom. The van der Waals surface area contributed by atoms with E-state index in [0.717, 1.165) is 78.1 Å². The van der Waals surface area contributed by atoms with Crippen LogP contribution in [-0.2, 0) is 87.1 Å². The van der Waals surface area contributed by atoms with Gasteiger partial charge in [0.1, 0.15) is 23.4 Å². The average molecular weight is 2080 g/mol. The highest BCUT2D eigenvalue weighted by Crippen LogP contribution is 2.44. The Morgan fingerprint density at radius 2 is 0.718 bits per heavy atom. The van der Waals surface area contributed by atoms with Crippen molar-refractivity contribution in [3.05, 3.63) is 35.4 Å². The quantitative estimate of drug-likeness (QED) is 0.0281. The predicted molar refractivity (Wildman–Crippen MR) is 558 cm³/mol. The lowest BCUT2D eigenvalue weighted by Gasteiger charge is -2.32. The number of aliphatic hydroxyl groups is 1. The number of alkyl halides is 12. The van der Waals surface area contributed by atoms with Gasteiger partial charge in [-0.05, 0) is 308 Å². The van der Waals surface area contributed by atoms with Crippen LogP contribution in [0.25, 0.3) is 0 Å². The van der Waals surface area contributed by atoms with Gasteiger partial charge in [0.25, 0.3) is 0 Å². The highest BCUT2D eigenvalue weighted by Gasteiger charge is 2.58. The second-order valence-corrected chi connectivity index (χ2v) is 53.6. The highest BCUT2D eigenvalue weighted by atomic mass is 28.3. The first kappa shape index (κ1) is 152. The maximum atomic E-state index is 12.6. The van der Waals surface area contributed by atoms with Crippen LogP contribution in [0.4, 0.5) is 52.7 Å². The van der Waals surface area contributed by atoms with Crippen LogP contribution >= 0.6 is 0 Å². The summed E-state index contributed by atoms with van der Waals surface area (Å²) in [5.41, 5.74) is -6.70. The zero-order valence-corrected chi connectivity index (χ0v) is 99.6. The molecule has 30 heteroatoms. The van der Waals surface area contributed by atoms with E-state index in [9.17, 15) is 96.1 Å². The Bertz CT molecular complexity index is 3600. The third-order valence-corrected chi connectivity index (χ3v) is 28.7. The van der Waals surface area contributed by atoms with E-state index in [0.29, 0.717) is 56.0 Å². The lowest BCUT2D eigenvalue weighted by molar-refractivity contribution is -0.261. The molecule has 0 radical (unpaired) electrons. The molecule has 1 fully saturated rings. The van der Waals surface area contributed by atoms with E-state index in [-0.39, 0.29) is 75.2 Å². The summed E-state index contributed by atoms with van der Waals surface area (Å²) in [6.45, 7) is 93.6. The molecule has 0 aliphatic heterocycles. The van der Waals surface area contributed by atoms with Crippen molar-refractivity contribution in [2.24, 2.45) is 67.0 Å². The first-order valence-corrected chi connectivity index (χ1v) is 55.8. The summed E-state index contributed by atoms with van der Waals surface area (Å²) in [5, 5.41) is 9.28. The number of rotatable bonds is 38. The zero-order valence-electron chi connectivity index (χ0n) is 98.6. The summed E-state index contributed by atoms with van der Waals surface area (Å²) in [5.74, 6) is -1.40. The molecular weight excluding hydrogens is 1870 g/mol. The van der Waals surface area contributed by atoms with Crippen molar-refractivity contribution >= 4 is 55.8 Å². The Balaban J connectivity index is -0.000000235. The summed E-state index contributed by atoms with van der Waals surface area (Å²) in [6.07, 6.45) is -6.94. The van der Waals surface area contributed by atoms with Gasteiger partial charge in [-0.1, -0.05) is 235 Å². The largest absolute Gasteiger partial charge is 0.465 e. The first-order chi connectivity index (χ1) is 63.3. The maximum absolute atomic E-state index is 12.6. The van der Waals surface area contributed by atoms with Crippen molar-refractivity contribution < 1.29 is 134 Å². The number of ether oxygens (including phenoxy) is 8. The third-order valence-electron chi connectivity index (χ3n) is 26.8. The molecule has 846 valence electrons. The van der Waals surface area contributed by atoms with Crippen molar-refractivity contribution in [3.63, 3.8) is 0 Å². The highest BCUT2D eigenvalue weighted by molar-refractivity contribution is 6.76. The van der Waals surface area contributed by atoms with Gasteiger partial charge in [0.05, 0.1) is 50.6 Å². The Hall–Kier alpha value is -5.68. The summed E-state index contributed by atoms with van der Waals surface area (Å²) in [6, 6.07) is 10.6. The molecule has 1 aromatic rings. The minimum Gasteiger partial charge on any atom is -0.465 e. The van der Waals surface area contributed by atoms with Crippen LogP contribution in [0.5, 0.6) is 0 Å². The Kier molecular flexibility index (Phi) is 69.7. The van der Waals surface area contributed by atoms with Crippen LogP contribution in [0.3, 0.4) is 0 Å². The fourth-order valence-corrected chi connectivity index (χ4v) is 13.8. The molecular formula is C112H208F12O17Si. The topological polar surface area (TPSA) is 231 Å². The number of hydrogen-bond acceptors (Lipinski definition) is 17. The summed E-state index contributed by atoms with van der Waals surface area (Å²) >= 11 is 0. The maximum Gasteiger partial charge on any atom is 0.425 e. The molecule has 7 unspecified atom stereocenters. The van der Waals surface area contributed by atoms with Gasteiger partial charge in [-0.25, -0.2) is 0 Å². The summed E-state index contributed by atoms with van der Waals surface area (Å²) in [7, 11) is -0.741. The molecule has 0 amide bonds. The standard InChI is InChI=1S/C15H24.C14H28O2.C13H24O2.C13H26O2.C12H21F3O3.C10H17F3O2.2C9H15F3O2.C9H18O2.C8H20Si/c1-7-15(5,6)13-10-8-12(9-11-13)14(2,3)4;1-6-9-10-12(7-2)11-16-13(15)14(4,5)8-3;1-5-12(3,4)11(14)15-13(6-2)9-7-8-10-13;1-8-13(6,7)12(14)15-11(9(2)3)10(4)5;1-6-10(3,4)9(16)18-8(2)7-11(5,17)12(13,14)15;1-6-9(5,10(11,12)13)7(14)15-8(2,3)4;2*1-5-8(3,4)7(13)14-6(2)9(10,11)12;1-6-9(4,5)8(10)11-7(2)3;1-6-8(2)7-9(3,4)5/h8-11H,7H2,1-6H3;12H,6-11H2,1-5H3;5-10H2,1-4H3;9-11H,8H2,1-7H3;8,17H,6-7H2,1-5H3;6H2,1-5H3;2*6H,5H2,1-4H3;7H,6H2,1-5H3;8H,6-7H2,1-5H3. The van der Waals surface area contributed by atoms with Gasteiger partial charge in [-0.2, -0.15) is 52.7 Å². The SMILES string of the molecule is CCC(C)(C(=O)OC(C)(C)C)C(F)(F)F.CCC(C)(C)C(=O)OC(C(C)C)C(C)C.CCC(C)(C)C(=O)OC(C)C.CCC(C)(C)C(=O)OC(C)C(F)(F)F.CCC(C)(C)C(=O)OC(C)C(F)(F)F.CCC(C)(C)C(=O)OC(C)CC(C)(O)C(F)(F)F.CCC(C)(C)c1ccc(C(C)(C)C)cc1.CCC(C)C[Si](C)(C)C.CCC1(OC(=O)C(C)(C)CC)CCCC1.CCCCC(CC)COC(=O)C(C)(C)CC. The van der Waals surface area contributed by atoms with E-state index in [1.807, 2.05) is 96.9 Å². The lowest BCUT2D eigenvalue weighted by Crippen LogP contribution is -2.45. The van der Waals surface area contributed by atoms with Crippen molar-refractivity contribution in [3.8, 4) is 0 Å². The van der Waals surface area contributed by atoms with Gasteiger partial charge >= 0.3 is 72.5 Å². The van der Waals surface area contributed by atoms with Crippen LogP contribution in [0, 0.1) is 67.0 Å². The van der Waals surface area contributed by atoms with Gasteiger partial charge < -0.3 is 43.0 Å². The van der Waals surface area contributed by atoms with Crippen LogP contribution in [-0.4, -0.2) is 140 Å². The van der Waals surface area contributed by atoms with Gasteiger partial charge in [-0.15, -0.1) is 0 Å². The molecule has 0 heterocycles. The van der Waals surface area contributed by atoms with Gasteiger partial charge in [-0.3, -0.25) is 38.4 Å². The number of hydrogen-bond donors (Lipinski definition) is 1. The number of carbonyl (C=O) groups excluding carboxylic acids is 8. The number of esters is 8. The molecule has 0 bridgehead atoms. The number of carbonyl (C=O) groups is 8. The van der Waals surface area contributed by atoms with E-state index in [2.05, 4.69) is 157 Å².